The summed E-state index contributed by atoms with van der Waals surface area (Å²) in [4.78, 5) is 16.5. The molecule has 1 atom stereocenters. The van der Waals surface area contributed by atoms with Gasteiger partial charge in [-0.25, -0.2) is 18.8 Å². The number of ether oxygens (including phenoxy) is 1. The van der Waals surface area contributed by atoms with Crippen LogP contribution in [-0.4, -0.2) is 28.7 Å². The summed E-state index contributed by atoms with van der Waals surface area (Å²) < 4.78 is 32.5. The third-order valence-corrected chi connectivity index (χ3v) is 4.34. The fraction of sp³-hybridized carbons (Fsp3) is 0.304. The minimum atomic E-state index is -0.693. The molecule has 0 saturated heterocycles. The summed E-state index contributed by atoms with van der Waals surface area (Å²) in [7, 11) is 0. The van der Waals surface area contributed by atoms with Gasteiger partial charge in [0.2, 0.25) is 11.8 Å². The molecule has 31 heavy (non-hydrogen) atoms. The molecule has 0 bridgehead atoms. The summed E-state index contributed by atoms with van der Waals surface area (Å²) in [6.07, 6.45) is 3.85. The van der Waals surface area contributed by atoms with Crippen LogP contribution in [0.15, 0.2) is 53.8 Å². The fourth-order valence-corrected chi connectivity index (χ4v) is 2.88. The van der Waals surface area contributed by atoms with Gasteiger partial charge in [0, 0.05) is 37.4 Å². The van der Waals surface area contributed by atoms with Crippen LogP contribution in [0.25, 0.3) is 0 Å². The number of amides is 1. The predicted octanol–water partition coefficient (Wildman–Crippen LogP) is 4.93. The first-order valence-electron chi connectivity index (χ1n) is 9.92. The van der Waals surface area contributed by atoms with E-state index in [-0.39, 0.29) is 18.9 Å². The molecule has 1 aliphatic heterocycles. The Hall–Kier alpha value is -3.60. The molecule has 0 radical (unpaired) electrons. The molecule has 1 amide bonds. The lowest BCUT2D eigenvalue weighted by atomic mass is 10.0. The number of hydrogen-bond acceptors (Lipinski definition) is 5. The molecule has 162 valence electrons. The summed E-state index contributed by atoms with van der Waals surface area (Å²) in [6, 6.07) is 7.82. The molecule has 2 heterocycles. The number of benzene rings is 1. The van der Waals surface area contributed by atoms with Crippen molar-refractivity contribution in [3.8, 4) is 11.9 Å². The fourth-order valence-electron chi connectivity index (χ4n) is 2.88. The van der Waals surface area contributed by atoms with Gasteiger partial charge in [-0.1, -0.05) is 20.4 Å². The number of rotatable bonds is 7. The van der Waals surface area contributed by atoms with Crippen molar-refractivity contribution in [3.05, 3.63) is 71.4 Å². The van der Waals surface area contributed by atoms with Crippen molar-refractivity contribution >= 4 is 12.1 Å². The Morgan fingerprint density at radius 2 is 1.97 bits per heavy atom. The van der Waals surface area contributed by atoms with Crippen molar-refractivity contribution in [1.29, 1.82) is 5.26 Å². The zero-order valence-corrected chi connectivity index (χ0v) is 17.5. The number of nitriles is 1. The minimum Gasteiger partial charge on any atom is -0.473 e. The van der Waals surface area contributed by atoms with Crippen LogP contribution in [0.1, 0.15) is 50.3 Å². The third-order valence-electron chi connectivity index (χ3n) is 4.34. The highest BCUT2D eigenvalue weighted by molar-refractivity contribution is 5.80. The van der Waals surface area contributed by atoms with Crippen molar-refractivity contribution in [1.82, 2.24) is 9.99 Å². The Balaban J connectivity index is 0.00000166. The molecule has 0 fully saturated rings. The Kier molecular flexibility index (Phi) is 8.82. The van der Waals surface area contributed by atoms with Gasteiger partial charge in [0.25, 0.3) is 0 Å². The van der Waals surface area contributed by atoms with E-state index in [9.17, 15) is 13.6 Å². The minimum absolute atomic E-state index is 0.134. The number of aromatic nitrogens is 1. The Morgan fingerprint density at radius 1 is 1.26 bits per heavy atom. The number of hydrogen-bond donors (Lipinski definition) is 0. The lowest BCUT2D eigenvalue weighted by Crippen LogP contribution is -2.27. The zero-order chi connectivity index (χ0) is 22.8. The third kappa shape index (κ3) is 6.71. The predicted molar refractivity (Wildman–Crippen MR) is 113 cm³/mol. The first-order chi connectivity index (χ1) is 15.0. The van der Waals surface area contributed by atoms with E-state index in [1.807, 2.05) is 19.9 Å². The van der Waals surface area contributed by atoms with E-state index in [0.717, 1.165) is 6.07 Å². The monoisotopic (exact) mass is 426 g/mol. The molecule has 0 N–H and O–H groups in total. The van der Waals surface area contributed by atoms with Gasteiger partial charge >= 0.3 is 0 Å². The van der Waals surface area contributed by atoms with Crippen molar-refractivity contribution in [3.63, 3.8) is 0 Å². The molecule has 2 aromatic rings. The van der Waals surface area contributed by atoms with Crippen LogP contribution in [0.5, 0.6) is 5.88 Å². The maximum absolute atomic E-state index is 13.5. The van der Waals surface area contributed by atoms with Gasteiger partial charge in [-0.3, -0.25) is 4.79 Å². The highest BCUT2D eigenvalue weighted by atomic mass is 19.1. The molecule has 3 rings (SSSR count). The molecule has 1 unspecified atom stereocenters. The standard InChI is InChI=1S/C21H18F2N4O2.C2H6/c1-14(13-29-20-4-3-15(11-24)12-25-20)2-5-21(28)27-19(6-7-26-27)16-8-17(22)10-18(23)9-16;1-2/h3-4,7-10,12,19H,1-2,5-6,13H2;1-2H3. The molecule has 0 aliphatic carbocycles. The van der Waals surface area contributed by atoms with Gasteiger partial charge in [-0.05, 0) is 35.8 Å². The quantitative estimate of drug-likeness (QED) is 0.588. The maximum atomic E-state index is 13.5. The topological polar surface area (TPSA) is 78.6 Å². The normalized spacial score (nSPS) is 14.4. The van der Waals surface area contributed by atoms with Gasteiger partial charge in [0.15, 0.2) is 0 Å². The van der Waals surface area contributed by atoms with Gasteiger partial charge in [-0.2, -0.15) is 10.4 Å². The van der Waals surface area contributed by atoms with E-state index in [1.54, 1.807) is 18.3 Å². The van der Waals surface area contributed by atoms with E-state index >= 15 is 0 Å². The molecule has 0 saturated carbocycles. The summed E-state index contributed by atoms with van der Waals surface area (Å²) in [5.74, 6) is -1.30. The highest BCUT2D eigenvalue weighted by Gasteiger charge is 2.28. The lowest BCUT2D eigenvalue weighted by molar-refractivity contribution is -0.133. The SMILES string of the molecule is C=C(CCC(=O)N1N=CCC1c1cc(F)cc(F)c1)COc1ccc(C#N)cn1.CC. The molecule has 1 aromatic carbocycles. The van der Waals surface area contributed by atoms with Crippen molar-refractivity contribution in [2.45, 2.75) is 39.2 Å². The van der Waals surface area contributed by atoms with Gasteiger partial charge < -0.3 is 4.74 Å². The Bertz CT molecular complexity index is 964. The van der Waals surface area contributed by atoms with E-state index in [2.05, 4.69) is 16.7 Å². The van der Waals surface area contributed by atoms with Crippen LogP contribution < -0.4 is 4.74 Å². The number of halogens is 2. The second-order valence-electron chi connectivity index (χ2n) is 6.53. The zero-order valence-electron chi connectivity index (χ0n) is 17.5. The van der Waals surface area contributed by atoms with Crippen LogP contribution in [0.3, 0.4) is 0 Å². The van der Waals surface area contributed by atoms with Crippen LogP contribution in [0.4, 0.5) is 8.78 Å². The van der Waals surface area contributed by atoms with Gasteiger partial charge in [0.1, 0.15) is 24.3 Å². The number of pyridine rings is 1. The molecular formula is C23H24F2N4O2. The average Bonchev–Trinajstić information content (AvgIpc) is 3.27. The van der Waals surface area contributed by atoms with Crippen LogP contribution in [-0.2, 0) is 4.79 Å². The number of nitrogens with zero attached hydrogens (tertiary/aromatic N) is 4. The van der Waals surface area contributed by atoms with Crippen LogP contribution >= 0.6 is 0 Å². The van der Waals surface area contributed by atoms with E-state index in [1.165, 1.54) is 23.3 Å². The molecular weight excluding hydrogens is 402 g/mol. The van der Waals surface area contributed by atoms with Crippen molar-refractivity contribution < 1.29 is 18.3 Å². The van der Waals surface area contributed by atoms with E-state index in [4.69, 9.17) is 10.00 Å². The lowest BCUT2D eigenvalue weighted by Gasteiger charge is -2.22. The number of hydrazone groups is 1. The maximum Gasteiger partial charge on any atom is 0.243 e. The first-order valence-corrected chi connectivity index (χ1v) is 9.92. The van der Waals surface area contributed by atoms with Crippen LogP contribution in [0, 0.1) is 23.0 Å². The van der Waals surface area contributed by atoms with Crippen molar-refractivity contribution in [2.75, 3.05) is 6.61 Å². The number of carbonyl (C=O) groups excluding carboxylic acids is 1. The summed E-state index contributed by atoms with van der Waals surface area (Å²) in [6.45, 7) is 8.06. The Labute approximate surface area is 180 Å². The summed E-state index contributed by atoms with van der Waals surface area (Å²) in [5.41, 5.74) is 1.48. The van der Waals surface area contributed by atoms with Gasteiger partial charge in [0.05, 0.1) is 11.6 Å². The van der Waals surface area contributed by atoms with E-state index in [0.29, 0.717) is 35.4 Å². The molecule has 6 nitrogen and oxygen atoms in total. The van der Waals surface area contributed by atoms with E-state index < -0.39 is 17.7 Å². The summed E-state index contributed by atoms with van der Waals surface area (Å²) >= 11 is 0. The van der Waals surface area contributed by atoms with Crippen molar-refractivity contribution in [2.24, 2.45) is 5.10 Å². The molecule has 0 spiro atoms. The average molecular weight is 426 g/mol. The largest absolute Gasteiger partial charge is 0.473 e. The highest BCUT2D eigenvalue weighted by Crippen LogP contribution is 2.30. The molecule has 1 aliphatic rings. The Morgan fingerprint density at radius 3 is 2.58 bits per heavy atom. The summed E-state index contributed by atoms with van der Waals surface area (Å²) in [5, 5.41) is 14.1. The second kappa shape index (κ2) is 11.6. The van der Waals surface area contributed by atoms with Crippen LogP contribution in [0.2, 0.25) is 0 Å². The van der Waals surface area contributed by atoms with Gasteiger partial charge in [-0.15, -0.1) is 0 Å². The molecule has 1 aromatic heterocycles. The first kappa shape index (κ1) is 23.7. The smallest absolute Gasteiger partial charge is 0.243 e. The second-order valence-corrected chi connectivity index (χ2v) is 6.53. The molecule has 8 heteroatoms. The number of carbonyl (C=O) groups is 1.